The number of amides is 1. The normalized spacial score (nSPS) is 11.4. The number of sulfonamides is 1. The van der Waals surface area contributed by atoms with Crippen LogP contribution in [0, 0.1) is 27.7 Å². The molecule has 38 heavy (non-hydrogen) atoms. The smallest absolute Gasteiger partial charge is 0.281 e. The van der Waals surface area contributed by atoms with E-state index in [-0.39, 0.29) is 19.3 Å². The number of nitrogens with zero attached hydrogens (tertiary/aromatic N) is 2. The maximum atomic E-state index is 13.3. The van der Waals surface area contributed by atoms with Crippen LogP contribution in [-0.2, 0) is 10.0 Å². The van der Waals surface area contributed by atoms with Crippen molar-refractivity contribution in [3.8, 4) is 22.9 Å². The molecule has 0 aliphatic rings. The Morgan fingerprint density at radius 3 is 2.24 bits per heavy atom. The third-order valence-electron chi connectivity index (χ3n) is 6.12. The van der Waals surface area contributed by atoms with Crippen molar-refractivity contribution in [2.45, 2.75) is 52.5 Å². The highest BCUT2D eigenvalue weighted by Gasteiger charge is 2.25. The number of hydrogen-bond donors (Lipinski definition) is 1. The van der Waals surface area contributed by atoms with Gasteiger partial charge in [0.1, 0.15) is 11.3 Å². The average molecular weight is 534 g/mol. The van der Waals surface area contributed by atoms with Crippen molar-refractivity contribution in [2.75, 3.05) is 0 Å². The Kier molecular flexibility index (Phi) is 7.64. The SMILES string of the molecule is Cc1cc(C)c(Oc2nc(-c3cccc(C(C)C)c3)ccc2C(=O)NS(=O)(=O)c2cccc(C)n2)c(C)c1.[HH].[HH]. The molecule has 0 unspecified atom stereocenters. The van der Waals surface area contributed by atoms with E-state index in [0.717, 1.165) is 27.8 Å². The van der Waals surface area contributed by atoms with Crippen molar-refractivity contribution in [2.24, 2.45) is 0 Å². The summed E-state index contributed by atoms with van der Waals surface area (Å²) in [5.74, 6) is 0.0422. The van der Waals surface area contributed by atoms with Crippen LogP contribution in [-0.4, -0.2) is 24.3 Å². The van der Waals surface area contributed by atoms with Crippen molar-refractivity contribution in [3.63, 3.8) is 0 Å². The van der Waals surface area contributed by atoms with E-state index in [1.165, 1.54) is 12.1 Å². The van der Waals surface area contributed by atoms with Gasteiger partial charge in [0.05, 0.1) is 5.69 Å². The van der Waals surface area contributed by atoms with E-state index in [9.17, 15) is 13.2 Å². The number of rotatable bonds is 7. The summed E-state index contributed by atoms with van der Waals surface area (Å²) in [6, 6.07) is 19.8. The van der Waals surface area contributed by atoms with Gasteiger partial charge in [-0.1, -0.05) is 55.8 Å². The van der Waals surface area contributed by atoms with E-state index in [2.05, 4.69) is 34.6 Å². The summed E-state index contributed by atoms with van der Waals surface area (Å²) in [5.41, 5.74) is 5.95. The lowest BCUT2D eigenvalue weighted by Gasteiger charge is -2.16. The molecular formula is C30H35N3O4S. The van der Waals surface area contributed by atoms with Gasteiger partial charge in [-0.2, -0.15) is 8.42 Å². The lowest BCUT2D eigenvalue weighted by atomic mass is 9.99. The van der Waals surface area contributed by atoms with Gasteiger partial charge in [-0.05, 0) is 80.6 Å². The molecule has 4 aromatic rings. The first-order valence-corrected chi connectivity index (χ1v) is 13.8. The second-order valence-electron chi connectivity index (χ2n) is 9.71. The van der Waals surface area contributed by atoms with Crippen molar-refractivity contribution in [1.82, 2.24) is 14.7 Å². The fourth-order valence-electron chi connectivity index (χ4n) is 4.23. The number of aryl methyl sites for hydroxylation is 4. The highest BCUT2D eigenvalue weighted by atomic mass is 32.2. The maximum Gasteiger partial charge on any atom is 0.281 e. The molecule has 0 bridgehead atoms. The number of pyridine rings is 2. The third-order valence-corrected chi connectivity index (χ3v) is 7.35. The summed E-state index contributed by atoms with van der Waals surface area (Å²) in [5, 5.41) is -0.242. The van der Waals surface area contributed by atoms with Crippen LogP contribution in [0.3, 0.4) is 0 Å². The van der Waals surface area contributed by atoms with Crippen LogP contribution in [0.15, 0.2) is 71.8 Å². The lowest BCUT2D eigenvalue weighted by Crippen LogP contribution is -2.31. The Bertz CT molecular complexity index is 1620. The van der Waals surface area contributed by atoms with Gasteiger partial charge in [0, 0.05) is 14.1 Å². The molecule has 4 rings (SSSR count). The number of carbonyl (C=O) groups is 1. The first-order valence-electron chi connectivity index (χ1n) is 12.3. The van der Waals surface area contributed by atoms with Crippen molar-refractivity contribution in [3.05, 3.63) is 100 Å². The molecule has 200 valence electrons. The molecule has 2 aromatic heterocycles. The van der Waals surface area contributed by atoms with Crippen LogP contribution in [0.25, 0.3) is 11.3 Å². The van der Waals surface area contributed by atoms with Crippen LogP contribution in [0.2, 0.25) is 0 Å². The number of hydrogen-bond acceptors (Lipinski definition) is 6. The number of ether oxygens (including phenoxy) is 1. The van der Waals surface area contributed by atoms with Crippen LogP contribution >= 0.6 is 0 Å². The fraction of sp³-hybridized carbons (Fsp3) is 0.233. The van der Waals surface area contributed by atoms with Crippen LogP contribution in [0.5, 0.6) is 11.6 Å². The summed E-state index contributed by atoms with van der Waals surface area (Å²) in [6.07, 6.45) is 0. The van der Waals surface area contributed by atoms with Gasteiger partial charge in [0.15, 0.2) is 5.03 Å². The zero-order chi connectivity index (χ0) is 27.6. The molecule has 0 saturated heterocycles. The van der Waals surface area contributed by atoms with E-state index in [1.54, 1.807) is 25.1 Å². The molecule has 0 atom stereocenters. The minimum atomic E-state index is -4.21. The van der Waals surface area contributed by atoms with Gasteiger partial charge in [0.25, 0.3) is 15.9 Å². The molecule has 0 fully saturated rings. The lowest BCUT2D eigenvalue weighted by molar-refractivity contribution is 0.0978. The molecule has 1 amide bonds. The highest BCUT2D eigenvalue weighted by molar-refractivity contribution is 7.90. The van der Waals surface area contributed by atoms with E-state index < -0.39 is 15.9 Å². The minimum absolute atomic E-state index is 0. The summed E-state index contributed by atoms with van der Waals surface area (Å²) < 4.78 is 34.2. The predicted molar refractivity (Wildman–Crippen MR) is 152 cm³/mol. The summed E-state index contributed by atoms with van der Waals surface area (Å²) >= 11 is 0. The molecule has 8 heteroatoms. The minimum Gasteiger partial charge on any atom is -0.438 e. The summed E-state index contributed by atoms with van der Waals surface area (Å²) in [4.78, 5) is 22.0. The molecule has 1 N–H and O–H groups in total. The van der Waals surface area contributed by atoms with E-state index >= 15 is 0 Å². The quantitative estimate of drug-likeness (QED) is 0.277. The largest absolute Gasteiger partial charge is 0.438 e. The Hall–Kier alpha value is -4.04. The third kappa shape index (κ3) is 5.92. The first-order chi connectivity index (χ1) is 17.9. The van der Waals surface area contributed by atoms with E-state index in [0.29, 0.717) is 23.1 Å². The van der Waals surface area contributed by atoms with Crippen molar-refractivity contribution in [1.29, 1.82) is 0 Å². The average Bonchev–Trinajstić information content (AvgIpc) is 2.86. The first kappa shape index (κ1) is 27.0. The second-order valence-corrected chi connectivity index (χ2v) is 11.3. The zero-order valence-electron chi connectivity index (χ0n) is 22.4. The molecule has 7 nitrogen and oxygen atoms in total. The summed E-state index contributed by atoms with van der Waals surface area (Å²) in [6.45, 7) is 11.7. The van der Waals surface area contributed by atoms with E-state index in [4.69, 9.17) is 4.74 Å². The topological polar surface area (TPSA) is 98.2 Å². The standard InChI is InChI=1S/C30H31N3O4S.2H2/c1-18(2)23-10-8-11-24(17-23)26-14-13-25(29(34)33-38(35,36)27-12-7-9-22(6)31-27)30(32-26)37-28-20(4)15-19(3)16-21(28)5;;/h7-18H,1-6H3,(H,33,34);2*1H. The predicted octanol–water partition coefficient (Wildman–Crippen LogP) is 6.90. The van der Waals surface area contributed by atoms with Gasteiger partial charge in [-0.3, -0.25) is 4.79 Å². The molecule has 0 spiro atoms. The highest BCUT2D eigenvalue weighted by Crippen LogP contribution is 2.33. The monoisotopic (exact) mass is 533 g/mol. The maximum absolute atomic E-state index is 13.3. The van der Waals surface area contributed by atoms with Crippen LogP contribution < -0.4 is 9.46 Å². The zero-order valence-corrected chi connectivity index (χ0v) is 23.2. The van der Waals surface area contributed by atoms with Crippen molar-refractivity contribution >= 4 is 15.9 Å². The Morgan fingerprint density at radius 1 is 0.895 bits per heavy atom. The number of benzene rings is 2. The Labute approximate surface area is 227 Å². The van der Waals surface area contributed by atoms with Gasteiger partial charge in [0.2, 0.25) is 5.88 Å². The Balaban J connectivity index is 0.00000280. The fourth-order valence-corrected chi connectivity index (χ4v) is 5.21. The van der Waals surface area contributed by atoms with Gasteiger partial charge < -0.3 is 4.74 Å². The molecule has 0 aliphatic heterocycles. The number of aromatic nitrogens is 2. The van der Waals surface area contributed by atoms with Crippen LogP contribution in [0.1, 0.15) is 60.9 Å². The van der Waals surface area contributed by atoms with Crippen LogP contribution in [0.4, 0.5) is 0 Å². The molecule has 2 heterocycles. The van der Waals surface area contributed by atoms with Gasteiger partial charge >= 0.3 is 0 Å². The molecule has 0 aliphatic carbocycles. The molecule has 2 aromatic carbocycles. The van der Waals surface area contributed by atoms with Gasteiger partial charge in [-0.25, -0.2) is 14.7 Å². The van der Waals surface area contributed by atoms with Crippen molar-refractivity contribution < 1.29 is 20.8 Å². The van der Waals surface area contributed by atoms with Gasteiger partial charge in [-0.15, -0.1) is 0 Å². The number of nitrogens with one attached hydrogen (secondary N) is 1. The Morgan fingerprint density at radius 2 is 1.58 bits per heavy atom. The van der Waals surface area contributed by atoms with E-state index in [1.807, 2.05) is 51.1 Å². The number of carbonyl (C=O) groups excluding carboxylic acids is 1. The molecular weight excluding hydrogens is 498 g/mol. The second kappa shape index (κ2) is 10.8. The molecule has 0 saturated carbocycles. The summed E-state index contributed by atoms with van der Waals surface area (Å²) in [7, 11) is -4.21. The molecule has 0 radical (unpaired) electrons.